The van der Waals surface area contributed by atoms with Gasteiger partial charge in [-0.1, -0.05) is 0 Å². The molecule has 0 radical (unpaired) electrons. The first-order chi connectivity index (χ1) is 6.94. The summed E-state index contributed by atoms with van der Waals surface area (Å²) < 4.78 is 35.0. The van der Waals surface area contributed by atoms with Crippen LogP contribution in [0.4, 0.5) is 0 Å². The van der Waals surface area contributed by atoms with E-state index in [0.717, 1.165) is 4.31 Å². The molecule has 15 heavy (non-hydrogen) atoms. The van der Waals surface area contributed by atoms with Crippen molar-refractivity contribution in [2.75, 3.05) is 41.0 Å². The van der Waals surface area contributed by atoms with Crippen molar-refractivity contribution in [3.8, 4) is 0 Å². The fourth-order valence-electron chi connectivity index (χ4n) is 0.714. The normalized spacial score (nSPS) is 11.7. The molecule has 0 aliphatic rings. The molecule has 0 spiro atoms. The van der Waals surface area contributed by atoms with Gasteiger partial charge in [-0.3, -0.25) is 4.79 Å². The molecule has 0 aliphatic carbocycles. The van der Waals surface area contributed by atoms with E-state index in [1.165, 1.54) is 21.3 Å². The molecule has 0 heterocycles. The van der Waals surface area contributed by atoms with Gasteiger partial charge in [0, 0.05) is 20.7 Å². The van der Waals surface area contributed by atoms with Crippen LogP contribution in [0.5, 0.6) is 0 Å². The Bertz CT molecular complexity index is 290. The summed E-state index contributed by atoms with van der Waals surface area (Å²) >= 11 is 0. The summed E-state index contributed by atoms with van der Waals surface area (Å²) in [5.74, 6) is -0.616. The Morgan fingerprint density at radius 1 is 1.40 bits per heavy atom. The van der Waals surface area contributed by atoms with Crippen LogP contribution in [0.25, 0.3) is 0 Å². The molecule has 0 rings (SSSR count). The first-order valence-corrected chi connectivity index (χ1v) is 5.64. The maximum absolute atomic E-state index is 11.4. The molecule has 0 aromatic heterocycles. The lowest BCUT2D eigenvalue weighted by molar-refractivity contribution is -0.140. The van der Waals surface area contributed by atoms with Crippen molar-refractivity contribution in [3.63, 3.8) is 0 Å². The van der Waals surface area contributed by atoms with Crippen LogP contribution < -0.4 is 4.72 Å². The van der Waals surface area contributed by atoms with Crippen molar-refractivity contribution >= 4 is 16.2 Å². The zero-order valence-electron chi connectivity index (χ0n) is 9.02. The Hall–Kier alpha value is -0.700. The van der Waals surface area contributed by atoms with E-state index in [4.69, 9.17) is 0 Å². The Morgan fingerprint density at radius 2 is 2.00 bits per heavy atom. The highest BCUT2D eigenvalue weighted by Gasteiger charge is 2.19. The summed E-state index contributed by atoms with van der Waals surface area (Å²) in [4.78, 5) is 10.8. The van der Waals surface area contributed by atoms with Gasteiger partial charge < -0.3 is 9.47 Å². The standard InChI is InChI=1S/C7H16N2O5S/c1-9(6-7(10)14-3)15(11,12)8-4-5-13-2/h8H,4-6H2,1-3H3. The van der Waals surface area contributed by atoms with Crippen LogP contribution in [0.3, 0.4) is 0 Å². The van der Waals surface area contributed by atoms with Crippen LogP contribution in [0, 0.1) is 0 Å². The summed E-state index contributed by atoms with van der Waals surface area (Å²) in [6.07, 6.45) is 0. The Labute approximate surface area is 89.5 Å². The molecule has 8 heteroatoms. The Morgan fingerprint density at radius 3 is 2.47 bits per heavy atom. The average Bonchev–Trinajstić information content (AvgIpc) is 2.17. The van der Waals surface area contributed by atoms with Gasteiger partial charge in [-0.25, -0.2) is 0 Å². The van der Waals surface area contributed by atoms with E-state index in [1.807, 2.05) is 0 Å². The van der Waals surface area contributed by atoms with Crippen molar-refractivity contribution in [1.82, 2.24) is 9.03 Å². The number of methoxy groups -OCH3 is 2. The van der Waals surface area contributed by atoms with Gasteiger partial charge in [-0.15, -0.1) is 0 Å². The predicted octanol–water partition coefficient (Wildman–Crippen LogP) is -1.43. The number of ether oxygens (including phenoxy) is 2. The number of hydrogen-bond donors (Lipinski definition) is 1. The summed E-state index contributed by atoms with van der Waals surface area (Å²) in [5.41, 5.74) is 0. The van der Waals surface area contributed by atoms with Crippen LogP contribution in [-0.4, -0.2) is 59.7 Å². The number of esters is 1. The van der Waals surface area contributed by atoms with Gasteiger partial charge in [0.05, 0.1) is 13.7 Å². The molecule has 0 aromatic carbocycles. The highest BCUT2D eigenvalue weighted by molar-refractivity contribution is 7.87. The lowest BCUT2D eigenvalue weighted by Crippen LogP contribution is -2.42. The minimum absolute atomic E-state index is 0.157. The maximum atomic E-state index is 11.4. The molecule has 0 saturated carbocycles. The second kappa shape index (κ2) is 6.72. The number of nitrogens with zero attached hydrogens (tertiary/aromatic N) is 1. The molecule has 0 fully saturated rings. The van der Waals surface area contributed by atoms with Crippen LogP contribution >= 0.6 is 0 Å². The van der Waals surface area contributed by atoms with Gasteiger partial charge >= 0.3 is 5.97 Å². The second-order valence-corrected chi connectivity index (χ2v) is 4.59. The molecule has 0 unspecified atom stereocenters. The maximum Gasteiger partial charge on any atom is 0.321 e. The van der Waals surface area contributed by atoms with Gasteiger partial charge in [-0.2, -0.15) is 17.4 Å². The van der Waals surface area contributed by atoms with Crippen LogP contribution in [0.15, 0.2) is 0 Å². The molecule has 0 aromatic rings. The van der Waals surface area contributed by atoms with Crippen LogP contribution in [0.2, 0.25) is 0 Å². The molecule has 0 saturated heterocycles. The monoisotopic (exact) mass is 240 g/mol. The molecule has 0 atom stereocenters. The van der Waals surface area contributed by atoms with E-state index in [0.29, 0.717) is 0 Å². The predicted molar refractivity (Wildman–Crippen MR) is 53.4 cm³/mol. The van der Waals surface area contributed by atoms with E-state index in [2.05, 4.69) is 14.2 Å². The highest BCUT2D eigenvalue weighted by atomic mass is 32.2. The quantitative estimate of drug-likeness (QED) is 0.436. The third kappa shape index (κ3) is 5.67. The number of rotatable bonds is 7. The first-order valence-electron chi connectivity index (χ1n) is 4.20. The summed E-state index contributed by atoms with van der Waals surface area (Å²) in [5, 5.41) is 0. The van der Waals surface area contributed by atoms with E-state index >= 15 is 0 Å². The topological polar surface area (TPSA) is 84.9 Å². The summed E-state index contributed by atoms with van der Waals surface area (Å²) in [6, 6.07) is 0. The summed E-state index contributed by atoms with van der Waals surface area (Å²) in [7, 11) is 0.309. The lowest BCUT2D eigenvalue weighted by Gasteiger charge is -2.15. The van der Waals surface area contributed by atoms with Gasteiger partial charge in [-0.05, 0) is 0 Å². The Balaban J connectivity index is 4.14. The molecule has 1 N–H and O–H groups in total. The zero-order valence-corrected chi connectivity index (χ0v) is 9.83. The van der Waals surface area contributed by atoms with Crippen LogP contribution in [-0.2, 0) is 24.5 Å². The van der Waals surface area contributed by atoms with Gasteiger partial charge in [0.25, 0.3) is 10.2 Å². The van der Waals surface area contributed by atoms with E-state index in [9.17, 15) is 13.2 Å². The number of likely N-dealkylation sites (N-methyl/N-ethyl adjacent to an activating group) is 1. The van der Waals surface area contributed by atoms with Gasteiger partial charge in [0.1, 0.15) is 6.54 Å². The molecule has 7 nitrogen and oxygen atoms in total. The van der Waals surface area contributed by atoms with Crippen molar-refractivity contribution in [2.24, 2.45) is 0 Å². The fraction of sp³-hybridized carbons (Fsp3) is 0.857. The smallest absolute Gasteiger partial charge is 0.321 e. The van der Waals surface area contributed by atoms with Crippen molar-refractivity contribution in [2.45, 2.75) is 0 Å². The fourth-order valence-corrected chi connectivity index (χ4v) is 1.55. The van der Waals surface area contributed by atoms with Crippen molar-refractivity contribution in [3.05, 3.63) is 0 Å². The van der Waals surface area contributed by atoms with Gasteiger partial charge in [0.15, 0.2) is 0 Å². The molecular weight excluding hydrogens is 224 g/mol. The highest BCUT2D eigenvalue weighted by Crippen LogP contribution is 1.93. The molecule has 0 aliphatic heterocycles. The SMILES string of the molecule is COCCNS(=O)(=O)N(C)CC(=O)OC. The first kappa shape index (κ1) is 14.3. The molecular formula is C7H16N2O5S. The number of hydrogen-bond acceptors (Lipinski definition) is 5. The Kier molecular flexibility index (Phi) is 6.41. The molecule has 0 amide bonds. The molecule has 0 bridgehead atoms. The molecule has 90 valence electrons. The minimum atomic E-state index is -3.64. The van der Waals surface area contributed by atoms with Crippen LogP contribution in [0.1, 0.15) is 0 Å². The summed E-state index contributed by atoms with van der Waals surface area (Å²) in [6.45, 7) is 0.106. The lowest BCUT2D eigenvalue weighted by atomic mass is 10.7. The second-order valence-electron chi connectivity index (χ2n) is 2.72. The largest absolute Gasteiger partial charge is 0.468 e. The van der Waals surface area contributed by atoms with Crippen molar-refractivity contribution in [1.29, 1.82) is 0 Å². The van der Waals surface area contributed by atoms with E-state index in [-0.39, 0.29) is 19.7 Å². The number of carbonyl (C=O) groups is 1. The third-order valence-electron chi connectivity index (χ3n) is 1.58. The van der Waals surface area contributed by atoms with E-state index < -0.39 is 16.2 Å². The number of carbonyl (C=O) groups excluding carboxylic acids is 1. The van der Waals surface area contributed by atoms with Crippen molar-refractivity contribution < 1.29 is 22.7 Å². The van der Waals surface area contributed by atoms with Gasteiger partial charge in [0.2, 0.25) is 0 Å². The third-order valence-corrected chi connectivity index (χ3v) is 3.10. The minimum Gasteiger partial charge on any atom is -0.468 e. The average molecular weight is 240 g/mol. The van der Waals surface area contributed by atoms with E-state index in [1.54, 1.807) is 0 Å². The number of nitrogens with one attached hydrogen (secondary N) is 1. The zero-order chi connectivity index (χ0) is 11.9.